The second-order valence-electron chi connectivity index (χ2n) is 6.52. The number of anilines is 1. The molecule has 0 amide bonds. The third-order valence-electron chi connectivity index (χ3n) is 4.51. The Morgan fingerprint density at radius 2 is 1.76 bits per heavy atom. The number of benzene rings is 2. The molecule has 0 atom stereocenters. The topological polar surface area (TPSA) is 64.9 Å². The molecule has 146 valence electrons. The molecular formula is C23H21N3O3. The van der Waals surface area contributed by atoms with E-state index >= 15 is 0 Å². The summed E-state index contributed by atoms with van der Waals surface area (Å²) in [4.78, 5) is 16.7. The van der Waals surface area contributed by atoms with E-state index in [0.29, 0.717) is 36.1 Å². The Morgan fingerprint density at radius 3 is 2.59 bits per heavy atom. The van der Waals surface area contributed by atoms with Crippen molar-refractivity contribution in [3.8, 4) is 11.5 Å². The Morgan fingerprint density at radius 1 is 0.931 bits per heavy atom. The summed E-state index contributed by atoms with van der Waals surface area (Å²) in [5.74, 6) is 1.87. The zero-order valence-electron chi connectivity index (χ0n) is 16.0. The van der Waals surface area contributed by atoms with Crippen LogP contribution in [0.2, 0.25) is 0 Å². The second kappa shape index (κ2) is 8.48. The van der Waals surface area contributed by atoms with Crippen LogP contribution in [0.3, 0.4) is 0 Å². The van der Waals surface area contributed by atoms with Gasteiger partial charge in [-0.05, 0) is 35.4 Å². The van der Waals surface area contributed by atoms with E-state index in [0.717, 1.165) is 11.1 Å². The molecule has 0 fully saturated rings. The highest BCUT2D eigenvalue weighted by Gasteiger charge is 2.07. The van der Waals surface area contributed by atoms with Crippen molar-refractivity contribution in [2.75, 3.05) is 12.4 Å². The van der Waals surface area contributed by atoms with E-state index < -0.39 is 0 Å². The molecule has 0 aliphatic heterocycles. The normalized spacial score (nSPS) is 10.7. The molecule has 6 nitrogen and oxygen atoms in total. The van der Waals surface area contributed by atoms with Gasteiger partial charge in [-0.25, -0.2) is 4.98 Å². The highest BCUT2D eigenvalue weighted by atomic mass is 16.5. The van der Waals surface area contributed by atoms with Gasteiger partial charge in [0.2, 0.25) is 0 Å². The van der Waals surface area contributed by atoms with Crippen molar-refractivity contribution in [2.45, 2.75) is 13.2 Å². The fourth-order valence-electron chi connectivity index (χ4n) is 3.01. The van der Waals surface area contributed by atoms with Gasteiger partial charge >= 0.3 is 0 Å². The van der Waals surface area contributed by atoms with E-state index in [-0.39, 0.29) is 5.56 Å². The van der Waals surface area contributed by atoms with Crippen molar-refractivity contribution in [3.05, 3.63) is 100 Å². The molecule has 2 aromatic carbocycles. The molecule has 0 aliphatic carbocycles. The summed E-state index contributed by atoms with van der Waals surface area (Å²) in [7, 11) is 1.62. The van der Waals surface area contributed by atoms with E-state index in [2.05, 4.69) is 10.3 Å². The van der Waals surface area contributed by atoms with Crippen LogP contribution >= 0.6 is 0 Å². The Balaban J connectivity index is 1.46. The van der Waals surface area contributed by atoms with Crippen LogP contribution in [-0.4, -0.2) is 16.5 Å². The summed E-state index contributed by atoms with van der Waals surface area (Å²) in [5, 5.41) is 3.20. The van der Waals surface area contributed by atoms with Crippen LogP contribution < -0.4 is 20.3 Å². The fourth-order valence-corrected chi connectivity index (χ4v) is 3.01. The van der Waals surface area contributed by atoms with Crippen molar-refractivity contribution in [1.29, 1.82) is 0 Å². The maximum absolute atomic E-state index is 12.2. The zero-order valence-corrected chi connectivity index (χ0v) is 16.0. The molecule has 0 saturated heterocycles. The van der Waals surface area contributed by atoms with E-state index in [1.165, 1.54) is 10.5 Å². The van der Waals surface area contributed by atoms with Gasteiger partial charge in [0.1, 0.15) is 18.1 Å². The van der Waals surface area contributed by atoms with Crippen LogP contribution in [0.4, 0.5) is 5.82 Å². The third kappa shape index (κ3) is 4.38. The van der Waals surface area contributed by atoms with Crippen LogP contribution in [0.5, 0.6) is 11.5 Å². The number of pyridine rings is 1. The fraction of sp³-hybridized carbons (Fsp3) is 0.130. The third-order valence-corrected chi connectivity index (χ3v) is 4.51. The summed E-state index contributed by atoms with van der Waals surface area (Å²) in [6.45, 7) is 0.977. The maximum Gasteiger partial charge on any atom is 0.259 e. The second-order valence-corrected chi connectivity index (χ2v) is 6.52. The maximum atomic E-state index is 12.2. The molecule has 0 saturated carbocycles. The smallest absolute Gasteiger partial charge is 0.259 e. The molecule has 4 rings (SSSR count). The molecule has 1 N–H and O–H groups in total. The predicted molar refractivity (Wildman–Crippen MR) is 113 cm³/mol. The lowest BCUT2D eigenvalue weighted by atomic mass is 10.2. The number of ether oxygens (including phenoxy) is 2. The lowest BCUT2D eigenvalue weighted by Gasteiger charge is -2.13. The first kappa shape index (κ1) is 18.6. The van der Waals surface area contributed by atoms with Gasteiger partial charge < -0.3 is 14.8 Å². The van der Waals surface area contributed by atoms with Crippen LogP contribution in [0, 0.1) is 0 Å². The van der Waals surface area contributed by atoms with Crippen LogP contribution in [0.25, 0.3) is 5.65 Å². The Hall–Kier alpha value is -3.80. The van der Waals surface area contributed by atoms with E-state index in [4.69, 9.17) is 9.47 Å². The summed E-state index contributed by atoms with van der Waals surface area (Å²) in [6, 6.07) is 22.7. The van der Waals surface area contributed by atoms with Gasteiger partial charge in [0.15, 0.2) is 11.5 Å². The Kier molecular flexibility index (Phi) is 5.42. The first-order chi connectivity index (χ1) is 14.2. The highest BCUT2D eigenvalue weighted by Crippen LogP contribution is 2.29. The predicted octanol–water partition coefficient (Wildman–Crippen LogP) is 3.89. The van der Waals surface area contributed by atoms with E-state index in [9.17, 15) is 4.79 Å². The van der Waals surface area contributed by atoms with Crippen LogP contribution in [0.1, 0.15) is 11.1 Å². The van der Waals surface area contributed by atoms with Crippen molar-refractivity contribution in [2.24, 2.45) is 0 Å². The van der Waals surface area contributed by atoms with Crippen molar-refractivity contribution >= 4 is 11.5 Å². The molecular weight excluding hydrogens is 366 g/mol. The van der Waals surface area contributed by atoms with Gasteiger partial charge in [0.25, 0.3) is 5.56 Å². The van der Waals surface area contributed by atoms with Gasteiger partial charge in [-0.15, -0.1) is 0 Å². The minimum atomic E-state index is -0.125. The molecule has 0 unspecified atom stereocenters. The standard InChI is InChI=1S/C23H21N3O3/c1-28-20-13-18(10-11-19(20)29-16-17-7-3-2-4-8-17)15-24-21-14-23(27)26-12-6-5-9-22(26)25-21/h2-14,24H,15-16H2,1H3. The lowest BCUT2D eigenvalue weighted by molar-refractivity contribution is 0.284. The van der Waals surface area contributed by atoms with E-state index in [1.807, 2.05) is 54.6 Å². The van der Waals surface area contributed by atoms with Crippen LogP contribution in [0.15, 0.2) is 83.8 Å². The quantitative estimate of drug-likeness (QED) is 0.521. The Labute approximate surface area is 168 Å². The first-order valence-corrected chi connectivity index (χ1v) is 9.29. The average molecular weight is 387 g/mol. The minimum Gasteiger partial charge on any atom is -0.493 e. The number of nitrogens with one attached hydrogen (secondary N) is 1. The molecule has 0 spiro atoms. The van der Waals surface area contributed by atoms with Gasteiger partial charge in [-0.1, -0.05) is 42.5 Å². The number of methoxy groups -OCH3 is 1. The number of rotatable bonds is 7. The number of hydrogen-bond acceptors (Lipinski definition) is 5. The lowest BCUT2D eigenvalue weighted by Crippen LogP contribution is -2.15. The number of nitrogens with zero attached hydrogens (tertiary/aromatic N) is 2. The summed E-state index contributed by atoms with van der Waals surface area (Å²) in [5.41, 5.74) is 2.56. The molecule has 0 radical (unpaired) electrons. The molecule has 0 aliphatic rings. The molecule has 29 heavy (non-hydrogen) atoms. The molecule has 0 bridgehead atoms. The first-order valence-electron chi connectivity index (χ1n) is 9.29. The van der Waals surface area contributed by atoms with Crippen molar-refractivity contribution in [1.82, 2.24) is 9.38 Å². The summed E-state index contributed by atoms with van der Waals surface area (Å²) in [6.07, 6.45) is 1.70. The van der Waals surface area contributed by atoms with Gasteiger partial charge in [-0.2, -0.15) is 0 Å². The average Bonchev–Trinajstić information content (AvgIpc) is 2.77. The van der Waals surface area contributed by atoms with Gasteiger partial charge in [0, 0.05) is 18.8 Å². The molecule has 4 aromatic rings. The minimum absolute atomic E-state index is 0.125. The summed E-state index contributed by atoms with van der Waals surface area (Å²) < 4.78 is 12.9. The summed E-state index contributed by atoms with van der Waals surface area (Å²) >= 11 is 0. The van der Waals surface area contributed by atoms with Crippen molar-refractivity contribution < 1.29 is 9.47 Å². The Bertz CT molecular complexity index is 1170. The zero-order chi connectivity index (χ0) is 20.1. The molecule has 2 heterocycles. The molecule has 2 aromatic heterocycles. The van der Waals surface area contributed by atoms with Gasteiger partial charge in [0.05, 0.1) is 7.11 Å². The highest BCUT2D eigenvalue weighted by molar-refractivity contribution is 5.48. The number of hydrogen-bond donors (Lipinski definition) is 1. The number of fused-ring (bicyclic) bond motifs is 1. The largest absolute Gasteiger partial charge is 0.493 e. The van der Waals surface area contributed by atoms with Gasteiger partial charge in [-0.3, -0.25) is 9.20 Å². The van der Waals surface area contributed by atoms with Crippen LogP contribution in [-0.2, 0) is 13.2 Å². The van der Waals surface area contributed by atoms with Crippen molar-refractivity contribution in [3.63, 3.8) is 0 Å². The SMILES string of the molecule is COc1cc(CNc2cc(=O)n3ccccc3n2)ccc1OCc1ccccc1. The molecule has 6 heteroatoms. The monoisotopic (exact) mass is 387 g/mol. The van der Waals surface area contributed by atoms with E-state index in [1.54, 1.807) is 25.4 Å². The number of aromatic nitrogens is 2.